The van der Waals surface area contributed by atoms with Crippen LogP contribution in [-0.2, 0) is 6.61 Å². The molecule has 0 aliphatic rings. The Hall–Kier alpha value is -2.63. The molecule has 5 nitrogen and oxygen atoms in total. The summed E-state index contributed by atoms with van der Waals surface area (Å²) in [7, 11) is 1.49. The van der Waals surface area contributed by atoms with Gasteiger partial charge in [0.15, 0.2) is 0 Å². The van der Waals surface area contributed by atoms with Crippen molar-refractivity contribution >= 4 is 5.97 Å². The van der Waals surface area contributed by atoms with Crippen LogP contribution in [0.4, 0.5) is 4.39 Å². The van der Waals surface area contributed by atoms with Crippen LogP contribution in [0.5, 0.6) is 11.6 Å². The highest BCUT2D eigenvalue weighted by Gasteiger charge is 2.12. The van der Waals surface area contributed by atoms with Crippen molar-refractivity contribution in [1.82, 2.24) is 4.98 Å². The summed E-state index contributed by atoms with van der Waals surface area (Å²) in [6.07, 6.45) is 0. The molecule has 0 amide bonds. The van der Waals surface area contributed by atoms with E-state index in [0.717, 1.165) is 18.2 Å². The summed E-state index contributed by atoms with van der Waals surface area (Å²) in [6, 6.07) is 8.36. The molecule has 6 heteroatoms. The normalized spacial score (nSPS) is 10.1. The largest absolute Gasteiger partial charge is 0.486 e. The lowest BCUT2D eigenvalue weighted by atomic mass is 10.2. The summed E-state index contributed by atoms with van der Waals surface area (Å²) >= 11 is 0. The molecule has 0 saturated heterocycles. The molecule has 20 heavy (non-hydrogen) atoms. The predicted molar refractivity (Wildman–Crippen MR) is 68.5 cm³/mol. The van der Waals surface area contributed by atoms with E-state index in [2.05, 4.69) is 4.98 Å². The van der Waals surface area contributed by atoms with Gasteiger partial charge in [0.1, 0.15) is 23.7 Å². The van der Waals surface area contributed by atoms with Crippen LogP contribution >= 0.6 is 0 Å². The van der Waals surface area contributed by atoms with Crippen LogP contribution in [0.1, 0.15) is 16.1 Å². The Morgan fingerprint density at radius 1 is 1.35 bits per heavy atom. The first-order chi connectivity index (χ1) is 9.60. The van der Waals surface area contributed by atoms with Crippen molar-refractivity contribution in [1.29, 1.82) is 0 Å². The highest BCUT2D eigenvalue weighted by Crippen LogP contribution is 2.21. The fourth-order valence-electron chi connectivity index (χ4n) is 1.60. The Balaban J connectivity index is 2.17. The first kappa shape index (κ1) is 13.8. The second-order valence-corrected chi connectivity index (χ2v) is 3.91. The molecule has 1 aromatic heterocycles. The van der Waals surface area contributed by atoms with E-state index in [4.69, 9.17) is 14.6 Å². The summed E-state index contributed by atoms with van der Waals surface area (Å²) in [5, 5.41) is 9.00. The molecule has 1 N–H and O–H groups in total. The Kier molecular flexibility index (Phi) is 4.14. The number of hydrogen-bond donors (Lipinski definition) is 1. The number of aromatic nitrogens is 1. The fourth-order valence-corrected chi connectivity index (χ4v) is 1.60. The molecule has 0 atom stereocenters. The number of nitrogens with zero attached hydrogens (tertiary/aromatic N) is 1. The highest BCUT2D eigenvalue weighted by molar-refractivity contribution is 5.90. The van der Waals surface area contributed by atoms with Crippen LogP contribution in [0.25, 0.3) is 0 Å². The van der Waals surface area contributed by atoms with E-state index in [1.54, 1.807) is 18.2 Å². The summed E-state index contributed by atoms with van der Waals surface area (Å²) in [6.45, 7) is 0.0148. The number of ether oxygens (including phenoxy) is 2. The maximum atomic E-state index is 13.1. The SMILES string of the molecule is COc1cccc(COc2cc(F)ccc2C(=O)O)n1. The molecule has 0 saturated carbocycles. The minimum atomic E-state index is -1.18. The van der Waals surface area contributed by atoms with Gasteiger partial charge < -0.3 is 14.6 Å². The number of aromatic carboxylic acids is 1. The molecule has 1 aromatic carbocycles. The molecular weight excluding hydrogens is 265 g/mol. The van der Waals surface area contributed by atoms with Crippen LogP contribution in [0.3, 0.4) is 0 Å². The van der Waals surface area contributed by atoms with Gasteiger partial charge in [0.2, 0.25) is 5.88 Å². The van der Waals surface area contributed by atoms with Crippen molar-refractivity contribution in [2.45, 2.75) is 6.61 Å². The summed E-state index contributed by atoms with van der Waals surface area (Å²) in [5.74, 6) is -1.37. The van der Waals surface area contributed by atoms with Gasteiger partial charge in [-0.3, -0.25) is 0 Å². The summed E-state index contributed by atoms with van der Waals surface area (Å²) in [5.41, 5.74) is 0.444. The number of halogens is 1. The Labute approximate surface area is 114 Å². The number of carbonyl (C=O) groups is 1. The van der Waals surface area contributed by atoms with Crippen molar-refractivity contribution < 1.29 is 23.8 Å². The second kappa shape index (κ2) is 6.01. The molecule has 0 aliphatic carbocycles. The van der Waals surface area contributed by atoms with E-state index in [9.17, 15) is 9.18 Å². The molecule has 0 fully saturated rings. The van der Waals surface area contributed by atoms with Crippen LogP contribution in [-0.4, -0.2) is 23.2 Å². The number of carboxylic acids is 1. The third-order valence-corrected chi connectivity index (χ3v) is 2.54. The van der Waals surface area contributed by atoms with E-state index in [1.165, 1.54) is 7.11 Å². The van der Waals surface area contributed by atoms with E-state index in [0.29, 0.717) is 11.6 Å². The van der Waals surface area contributed by atoms with Crippen LogP contribution in [0.2, 0.25) is 0 Å². The van der Waals surface area contributed by atoms with Crippen molar-refractivity contribution in [2.24, 2.45) is 0 Å². The van der Waals surface area contributed by atoms with E-state index in [-0.39, 0.29) is 17.9 Å². The third kappa shape index (κ3) is 3.23. The number of carboxylic acid groups (broad SMARTS) is 1. The zero-order valence-electron chi connectivity index (χ0n) is 10.7. The zero-order chi connectivity index (χ0) is 14.5. The average Bonchev–Trinajstić information content (AvgIpc) is 2.45. The molecule has 0 radical (unpaired) electrons. The number of benzene rings is 1. The van der Waals surface area contributed by atoms with Gasteiger partial charge in [-0.1, -0.05) is 6.07 Å². The third-order valence-electron chi connectivity index (χ3n) is 2.54. The first-order valence-electron chi connectivity index (χ1n) is 5.75. The molecule has 0 unspecified atom stereocenters. The van der Waals surface area contributed by atoms with E-state index in [1.807, 2.05) is 0 Å². The topological polar surface area (TPSA) is 68.7 Å². The van der Waals surface area contributed by atoms with Gasteiger partial charge in [0, 0.05) is 12.1 Å². The quantitative estimate of drug-likeness (QED) is 0.909. The van der Waals surface area contributed by atoms with Gasteiger partial charge in [0.25, 0.3) is 0 Å². The lowest BCUT2D eigenvalue weighted by Gasteiger charge is -2.09. The Bertz CT molecular complexity index is 630. The lowest BCUT2D eigenvalue weighted by Crippen LogP contribution is -2.05. The Morgan fingerprint density at radius 2 is 2.15 bits per heavy atom. The molecule has 0 spiro atoms. The van der Waals surface area contributed by atoms with Crippen molar-refractivity contribution in [3.8, 4) is 11.6 Å². The van der Waals surface area contributed by atoms with Crippen molar-refractivity contribution in [3.63, 3.8) is 0 Å². The van der Waals surface area contributed by atoms with Gasteiger partial charge in [-0.2, -0.15) is 0 Å². The molecular formula is C14H12FNO4. The molecule has 2 aromatic rings. The van der Waals surface area contributed by atoms with Crippen molar-refractivity contribution in [3.05, 3.63) is 53.5 Å². The average molecular weight is 277 g/mol. The van der Waals surface area contributed by atoms with Gasteiger partial charge in [-0.15, -0.1) is 0 Å². The van der Waals surface area contributed by atoms with Gasteiger partial charge in [-0.25, -0.2) is 14.2 Å². The van der Waals surface area contributed by atoms with E-state index < -0.39 is 11.8 Å². The lowest BCUT2D eigenvalue weighted by molar-refractivity contribution is 0.0691. The maximum absolute atomic E-state index is 13.1. The number of hydrogen-bond acceptors (Lipinski definition) is 4. The summed E-state index contributed by atoms with van der Waals surface area (Å²) in [4.78, 5) is 15.1. The minimum absolute atomic E-state index is 0.0148. The van der Waals surface area contributed by atoms with Crippen LogP contribution in [0.15, 0.2) is 36.4 Å². The monoisotopic (exact) mass is 277 g/mol. The second-order valence-electron chi connectivity index (χ2n) is 3.91. The van der Waals surface area contributed by atoms with Crippen LogP contribution in [0, 0.1) is 5.82 Å². The molecule has 2 rings (SSSR count). The summed E-state index contributed by atoms with van der Waals surface area (Å²) < 4.78 is 23.4. The highest BCUT2D eigenvalue weighted by atomic mass is 19.1. The first-order valence-corrected chi connectivity index (χ1v) is 5.75. The Morgan fingerprint density at radius 3 is 2.85 bits per heavy atom. The van der Waals surface area contributed by atoms with Gasteiger partial charge >= 0.3 is 5.97 Å². The van der Waals surface area contributed by atoms with Crippen molar-refractivity contribution in [2.75, 3.05) is 7.11 Å². The fraction of sp³-hybridized carbons (Fsp3) is 0.143. The smallest absolute Gasteiger partial charge is 0.339 e. The maximum Gasteiger partial charge on any atom is 0.339 e. The molecule has 104 valence electrons. The standard InChI is InChI=1S/C14H12FNO4/c1-19-13-4-2-3-10(16-13)8-20-12-7-9(15)5-6-11(12)14(17)18/h2-7H,8H2,1H3,(H,17,18). The number of methoxy groups -OCH3 is 1. The minimum Gasteiger partial charge on any atom is -0.486 e. The molecule has 0 aliphatic heterocycles. The van der Waals surface area contributed by atoms with Crippen LogP contribution < -0.4 is 9.47 Å². The zero-order valence-corrected chi connectivity index (χ0v) is 10.7. The number of pyridine rings is 1. The molecule has 0 bridgehead atoms. The number of rotatable bonds is 5. The van der Waals surface area contributed by atoms with Gasteiger partial charge in [-0.05, 0) is 18.2 Å². The van der Waals surface area contributed by atoms with E-state index >= 15 is 0 Å². The predicted octanol–water partition coefficient (Wildman–Crippen LogP) is 2.51. The molecule has 1 heterocycles. The van der Waals surface area contributed by atoms with Gasteiger partial charge in [0.05, 0.1) is 12.8 Å².